The molecule has 2 aromatic rings. The van der Waals surface area contributed by atoms with Crippen molar-refractivity contribution < 1.29 is 14.4 Å². The summed E-state index contributed by atoms with van der Waals surface area (Å²) in [7, 11) is 0. The Morgan fingerprint density at radius 3 is 2.50 bits per heavy atom. The van der Waals surface area contributed by atoms with E-state index in [2.05, 4.69) is 16.0 Å². The standard InChI is InChI=1S/C19H20N4O3/c1-13(24)21-16-5-2-4-14(12-16)18(25)22-15-6-8-17(9-7-15)23-11-3-10-20-19(23)26/h2,4-9,12H,3,10-11H2,1H3,(H,20,26)(H,21,24)(H,22,25). The third kappa shape index (κ3) is 4.18. The van der Waals surface area contributed by atoms with Crippen molar-refractivity contribution in [2.45, 2.75) is 13.3 Å². The van der Waals surface area contributed by atoms with Gasteiger partial charge in [-0.05, 0) is 48.9 Å². The Balaban J connectivity index is 1.68. The van der Waals surface area contributed by atoms with Crippen LogP contribution in [-0.2, 0) is 4.79 Å². The van der Waals surface area contributed by atoms with E-state index in [1.165, 1.54) is 6.92 Å². The molecule has 1 aliphatic heterocycles. The van der Waals surface area contributed by atoms with Gasteiger partial charge in [0.2, 0.25) is 5.91 Å². The number of rotatable bonds is 4. The summed E-state index contributed by atoms with van der Waals surface area (Å²) in [5.74, 6) is -0.472. The van der Waals surface area contributed by atoms with Gasteiger partial charge in [0.1, 0.15) is 0 Å². The molecule has 134 valence electrons. The third-order valence-electron chi connectivity index (χ3n) is 3.96. The molecular weight excluding hydrogens is 332 g/mol. The van der Waals surface area contributed by atoms with Crippen LogP contribution in [-0.4, -0.2) is 30.9 Å². The van der Waals surface area contributed by atoms with Crippen LogP contribution in [0.25, 0.3) is 0 Å². The minimum atomic E-state index is -0.277. The van der Waals surface area contributed by atoms with Crippen LogP contribution in [0.5, 0.6) is 0 Å². The smallest absolute Gasteiger partial charge is 0.321 e. The third-order valence-corrected chi connectivity index (χ3v) is 3.96. The van der Waals surface area contributed by atoms with Crippen molar-refractivity contribution in [1.29, 1.82) is 0 Å². The van der Waals surface area contributed by atoms with E-state index in [0.717, 1.165) is 12.1 Å². The van der Waals surface area contributed by atoms with Gasteiger partial charge in [0, 0.05) is 42.6 Å². The van der Waals surface area contributed by atoms with E-state index in [1.54, 1.807) is 53.4 Å². The number of nitrogens with one attached hydrogen (secondary N) is 3. The number of carbonyl (C=O) groups is 3. The fourth-order valence-electron chi connectivity index (χ4n) is 2.75. The van der Waals surface area contributed by atoms with Gasteiger partial charge in [-0.3, -0.25) is 14.5 Å². The average Bonchev–Trinajstić information content (AvgIpc) is 2.62. The summed E-state index contributed by atoms with van der Waals surface area (Å²) in [5.41, 5.74) is 2.42. The molecule has 0 radical (unpaired) electrons. The summed E-state index contributed by atoms with van der Waals surface area (Å²) in [5, 5.41) is 8.26. The van der Waals surface area contributed by atoms with Crippen LogP contribution in [0.15, 0.2) is 48.5 Å². The number of amides is 4. The average molecular weight is 352 g/mol. The maximum atomic E-state index is 12.4. The SMILES string of the molecule is CC(=O)Nc1cccc(C(=O)Nc2ccc(N3CCCNC3=O)cc2)c1. The maximum Gasteiger partial charge on any atom is 0.321 e. The number of urea groups is 1. The number of hydrogen-bond donors (Lipinski definition) is 3. The number of hydrogen-bond acceptors (Lipinski definition) is 3. The number of nitrogens with zero attached hydrogens (tertiary/aromatic N) is 1. The first-order chi connectivity index (χ1) is 12.5. The zero-order chi connectivity index (χ0) is 18.5. The van der Waals surface area contributed by atoms with Crippen LogP contribution < -0.4 is 20.9 Å². The first-order valence-corrected chi connectivity index (χ1v) is 8.37. The van der Waals surface area contributed by atoms with E-state index in [0.29, 0.717) is 30.0 Å². The molecule has 0 spiro atoms. The molecule has 1 saturated heterocycles. The maximum absolute atomic E-state index is 12.4. The lowest BCUT2D eigenvalue weighted by Gasteiger charge is -2.27. The molecule has 0 unspecified atom stereocenters. The molecule has 0 aromatic heterocycles. The van der Waals surface area contributed by atoms with Gasteiger partial charge in [0.05, 0.1) is 0 Å². The van der Waals surface area contributed by atoms with Crippen molar-refractivity contribution in [2.24, 2.45) is 0 Å². The van der Waals surface area contributed by atoms with Crippen LogP contribution in [0.4, 0.5) is 21.9 Å². The van der Waals surface area contributed by atoms with Crippen molar-refractivity contribution >= 4 is 34.9 Å². The summed E-state index contributed by atoms with van der Waals surface area (Å²) in [6, 6.07) is 13.7. The fraction of sp³-hybridized carbons (Fsp3) is 0.211. The quantitative estimate of drug-likeness (QED) is 0.790. The minimum absolute atomic E-state index is 0.108. The van der Waals surface area contributed by atoms with Gasteiger partial charge in [0.25, 0.3) is 5.91 Å². The van der Waals surface area contributed by atoms with Gasteiger partial charge < -0.3 is 16.0 Å². The Morgan fingerprint density at radius 2 is 1.81 bits per heavy atom. The molecule has 1 fully saturated rings. The zero-order valence-electron chi connectivity index (χ0n) is 14.4. The van der Waals surface area contributed by atoms with Gasteiger partial charge in [-0.15, -0.1) is 0 Å². The van der Waals surface area contributed by atoms with Gasteiger partial charge in [-0.1, -0.05) is 6.07 Å². The topological polar surface area (TPSA) is 90.5 Å². The second kappa shape index (κ2) is 7.69. The Labute approximate surface area is 151 Å². The van der Waals surface area contributed by atoms with Crippen molar-refractivity contribution in [3.05, 3.63) is 54.1 Å². The highest BCUT2D eigenvalue weighted by molar-refractivity contribution is 6.05. The Hall–Kier alpha value is -3.35. The molecule has 26 heavy (non-hydrogen) atoms. The van der Waals surface area contributed by atoms with Gasteiger partial charge >= 0.3 is 6.03 Å². The lowest BCUT2D eigenvalue weighted by Crippen LogP contribution is -2.46. The van der Waals surface area contributed by atoms with Crippen LogP contribution in [0.3, 0.4) is 0 Å². The summed E-state index contributed by atoms with van der Waals surface area (Å²) in [6.07, 6.45) is 0.898. The van der Waals surface area contributed by atoms with Gasteiger partial charge in [-0.25, -0.2) is 4.79 Å². The second-order valence-electron chi connectivity index (χ2n) is 6.00. The molecule has 7 nitrogen and oxygen atoms in total. The Morgan fingerprint density at radius 1 is 1.04 bits per heavy atom. The highest BCUT2D eigenvalue weighted by Crippen LogP contribution is 2.20. The molecule has 1 aliphatic rings. The van der Waals surface area contributed by atoms with E-state index < -0.39 is 0 Å². The first kappa shape index (κ1) is 17.5. The molecule has 0 saturated carbocycles. The largest absolute Gasteiger partial charge is 0.338 e. The molecule has 4 amide bonds. The first-order valence-electron chi connectivity index (χ1n) is 8.37. The molecule has 0 aliphatic carbocycles. The predicted molar refractivity (Wildman–Crippen MR) is 101 cm³/mol. The summed E-state index contributed by atoms with van der Waals surface area (Å²) >= 11 is 0. The number of anilines is 3. The highest BCUT2D eigenvalue weighted by atomic mass is 16.2. The molecule has 1 heterocycles. The second-order valence-corrected chi connectivity index (χ2v) is 6.00. The van der Waals surface area contributed by atoms with Crippen LogP contribution >= 0.6 is 0 Å². The number of benzene rings is 2. The summed E-state index contributed by atoms with van der Waals surface area (Å²) in [4.78, 5) is 37.1. The Kier molecular flexibility index (Phi) is 5.17. The van der Waals surface area contributed by atoms with Crippen molar-refractivity contribution in [1.82, 2.24) is 5.32 Å². The molecule has 2 aromatic carbocycles. The van der Waals surface area contributed by atoms with Crippen molar-refractivity contribution in [3.8, 4) is 0 Å². The fourth-order valence-corrected chi connectivity index (χ4v) is 2.75. The zero-order valence-corrected chi connectivity index (χ0v) is 14.4. The highest BCUT2D eigenvalue weighted by Gasteiger charge is 2.19. The van der Waals surface area contributed by atoms with E-state index >= 15 is 0 Å². The van der Waals surface area contributed by atoms with E-state index in [1.807, 2.05) is 0 Å². The minimum Gasteiger partial charge on any atom is -0.338 e. The summed E-state index contributed by atoms with van der Waals surface area (Å²) < 4.78 is 0. The van der Waals surface area contributed by atoms with Crippen molar-refractivity contribution in [2.75, 3.05) is 28.6 Å². The normalized spacial score (nSPS) is 13.7. The monoisotopic (exact) mass is 352 g/mol. The molecule has 0 atom stereocenters. The Bertz CT molecular complexity index is 833. The van der Waals surface area contributed by atoms with Gasteiger partial charge in [-0.2, -0.15) is 0 Å². The lowest BCUT2D eigenvalue weighted by molar-refractivity contribution is -0.114. The molecule has 7 heteroatoms. The van der Waals surface area contributed by atoms with Crippen LogP contribution in [0, 0.1) is 0 Å². The van der Waals surface area contributed by atoms with Crippen LogP contribution in [0.1, 0.15) is 23.7 Å². The molecule has 3 rings (SSSR count). The molecular formula is C19H20N4O3. The van der Waals surface area contributed by atoms with Crippen LogP contribution in [0.2, 0.25) is 0 Å². The van der Waals surface area contributed by atoms with Crippen molar-refractivity contribution in [3.63, 3.8) is 0 Å². The van der Waals surface area contributed by atoms with E-state index in [9.17, 15) is 14.4 Å². The van der Waals surface area contributed by atoms with E-state index in [-0.39, 0.29) is 17.8 Å². The summed E-state index contributed by atoms with van der Waals surface area (Å²) in [6.45, 7) is 2.78. The molecule has 0 bridgehead atoms. The lowest BCUT2D eigenvalue weighted by atomic mass is 10.1. The predicted octanol–water partition coefficient (Wildman–Crippen LogP) is 2.82. The van der Waals surface area contributed by atoms with Gasteiger partial charge in [0.15, 0.2) is 0 Å². The number of carbonyl (C=O) groups excluding carboxylic acids is 3. The molecule has 3 N–H and O–H groups in total. The van der Waals surface area contributed by atoms with E-state index in [4.69, 9.17) is 0 Å².